The van der Waals surface area contributed by atoms with Gasteiger partial charge in [0, 0.05) is 5.56 Å². The normalized spacial score (nSPS) is 11.2. The van der Waals surface area contributed by atoms with Crippen LogP contribution in [0.25, 0.3) is 0 Å². The predicted molar refractivity (Wildman–Crippen MR) is 89.4 cm³/mol. The third kappa shape index (κ3) is 4.49. The van der Waals surface area contributed by atoms with Gasteiger partial charge in [-0.3, -0.25) is 4.79 Å². The monoisotopic (exact) mass is 300 g/mol. The fraction of sp³-hybridized carbons (Fsp3) is 0.278. The summed E-state index contributed by atoms with van der Waals surface area (Å²) in [5.74, 6) is 0. The second-order valence-corrected chi connectivity index (χ2v) is 6.24. The van der Waals surface area contributed by atoms with Crippen LogP contribution in [0.3, 0.4) is 0 Å². The second-order valence-electron chi connectivity index (χ2n) is 5.29. The molecule has 1 unspecified atom stereocenters. The lowest BCUT2D eigenvalue weighted by atomic mass is 10.0. The van der Waals surface area contributed by atoms with Crippen molar-refractivity contribution in [1.29, 1.82) is 0 Å². The van der Waals surface area contributed by atoms with Crippen LogP contribution in [-0.2, 0) is 10.9 Å². The molecule has 0 aliphatic rings. The second kappa shape index (κ2) is 7.49. The molecule has 110 valence electrons. The number of benzene rings is 2. The van der Waals surface area contributed by atoms with E-state index in [0.717, 1.165) is 23.1 Å². The summed E-state index contributed by atoms with van der Waals surface area (Å²) >= 11 is 0. The van der Waals surface area contributed by atoms with E-state index in [4.69, 9.17) is 4.52 Å². The molecule has 0 spiro atoms. The summed E-state index contributed by atoms with van der Waals surface area (Å²) < 4.78 is 5.57. The van der Waals surface area contributed by atoms with Gasteiger partial charge in [0.2, 0.25) is 5.52 Å². The Labute approximate surface area is 128 Å². The molecule has 0 aliphatic heterocycles. The Bertz CT molecular complexity index is 597. The van der Waals surface area contributed by atoms with Gasteiger partial charge < -0.3 is 4.52 Å². The van der Waals surface area contributed by atoms with Gasteiger partial charge in [0.1, 0.15) is 0 Å². The van der Waals surface area contributed by atoms with Gasteiger partial charge in [0.15, 0.2) is 0 Å². The molecule has 21 heavy (non-hydrogen) atoms. The van der Waals surface area contributed by atoms with Crippen LogP contribution in [0.5, 0.6) is 0 Å². The Morgan fingerprint density at radius 2 is 1.67 bits per heavy atom. The average Bonchev–Trinajstić information content (AvgIpc) is 2.43. The van der Waals surface area contributed by atoms with Crippen molar-refractivity contribution in [3.8, 4) is 0 Å². The summed E-state index contributed by atoms with van der Waals surface area (Å²) in [7, 11) is -0.114. The predicted octanol–water partition coefficient (Wildman–Crippen LogP) is 4.60. The number of hydrogen-bond donors (Lipinski definition) is 0. The SMILES string of the molecule is Cc1cc(C)c(C(=O)POCCc2ccccc2)c(C)c1. The lowest BCUT2D eigenvalue weighted by Gasteiger charge is -2.10. The molecule has 3 heteroatoms. The molecule has 0 bridgehead atoms. The molecule has 0 radical (unpaired) electrons. The zero-order valence-electron chi connectivity index (χ0n) is 12.8. The first-order valence-electron chi connectivity index (χ1n) is 7.12. The first kappa shape index (κ1) is 15.9. The van der Waals surface area contributed by atoms with E-state index in [0.29, 0.717) is 6.61 Å². The van der Waals surface area contributed by atoms with Crippen molar-refractivity contribution in [3.05, 3.63) is 70.3 Å². The first-order chi connectivity index (χ1) is 10.1. The molecule has 2 rings (SSSR count). The summed E-state index contributed by atoms with van der Waals surface area (Å²) in [5, 5.41) is 0. The number of hydrogen-bond acceptors (Lipinski definition) is 2. The smallest absolute Gasteiger partial charge is 0.208 e. The molecule has 2 aromatic carbocycles. The number of carbonyl (C=O) groups is 1. The van der Waals surface area contributed by atoms with Gasteiger partial charge in [-0.25, -0.2) is 0 Å². The maximum atomic E-state index is 12.3. The molecule has 0 amide bonds. The molecular weight excluding hydrogens is 279 g/mol. The van der Waals surface area contributed by atoms with Crippen LogP contribution in [0.15, 0.2) is 42.5 Å². The number of rotatable bonds is 6. The third-order valence-electron chi connectivity index (χ3n) is 3.40. The lowest BCUT2D eigenvalue weighted by molar-refractivity contribution is 0.107. The third-order valence-corrected chi connectivity index (χ3v) is 4.19. The van der Waals surface area contributed by atoms with Crippen LogP contribution in [0.1, 0.15) is 32.6 Å². The number of carbonyl (C=O) groups excluding carboxylic acids is 1. The minimum Gasteiger partial charge on any atom is -0.354 e. The molecule has 0 fully saturated rings. The lowest BCUT2D eigenvalue weighted by Crippen LogP contribution is -2.02. The fourth-order valence-electron chi connectivity index (χ4n) is 2.52. The van der Waals surface area contributed by atoms with E-state index in [1.807, 2.05) is 39.0 Å². The van der Waals surface area contributed by atoms with Crippen molar-refractivity contribution in [2.45, 2.75) is 27.2 Å². The number of aryl methyl sites for hydroxylation is 3. The van der Waals surface area contributed by atoms with Crippen LogP contribution in [0.4, 0.5) is 0 Å². The van der Waals surface area contributed by atoms with Gasteiger partial charge in [-0.1, -0.05) is 48.0 Å². The maximum absolute atomic E-state index is 12.3. The fourth-order valence-corrected chi connectivity index (χ4v) is 3.35. The Morgan fingerprint density at radius 3 is 2.29 bits per heavy atom. The Kier molecular flexibility index (Phi) is 5.67. The van der Waals surface area contributed by atoms with E-state index in [2.05, 4.69) is 24.3 Å². The highest BCUT2D eigenvalue weighted by Crippen LogP contribution is 2.26. The van der Waals surface area contributed by atoms with Gasteiger partial charge >= 0.3 is 0 Å². The van der Waals surface area contributed by atoms with Crippen LogP contribution >= 0.6 is 8.81 Å². The van der Waals surface area contributed by atoms with Gasteiger partial charge in [0.25, 0.3) is 0 Å². The van der Waals surface area contributed by atoms with Gasteiger partial charge in [0.05, 0.1) is 15.4 Å². The van der Waals surface area contributed by atoms with Crippen molar-refractivity contribution in [2.75, 3.05) is 6.61 Å². The summed E-state index contributed by atoms with van der Waals surface area (Å²) in [6, 6.07) is 14.3. The summed E-state index contributed by atoms with van der Waals surface area (Å²) in [4.78, 5) is 12.3. The molecule has 2 nitrogen and oxygen atoms in total. The van der Waals surface area contributed by atoms with E-state index < -0.39 is 0 Å². The van der Waals surface area contributed by atoms with Gasteiger partial charge in [-0.15, -0.1) is 0 Å². The Morgan fingerprint density at radius 1 is 1.05 bits per heavy atom. The quantitative estimate of drug-likeness (QED) is 0.575. The first-order valence-corrected chi connectivity index (χ1v) is 8.02. The molecule has 0 aliphatic carbocycles. The van der Waals surface area contributed by atoms with Crippen molar-refractivity contribution in [1.82, 2.24) is 0 Å². The van der Waals surface area contributed by atoms with Gasteiger partial charge in [-0.2, -0.15) is 0 Å². The minimum absolute atomic E-state index is 0.0954. The Balaban J connectivity index is 1.88. The average molecular weight is 300 g/mol. The van der Waals surface area contributed by atoms with E-state index in [-0.39, 0.29) is 14.3 Å². The van der Waals surface area contributed by atoms with Gasteiger partial charge in [-0.05, 0) is 43.9 Å². The van der Waals surface area contributed by atoms with Crippen molar-refractivity contribution in [3.63, 3.8) is 0 Å². The van der Waals surface area contributed by atoms with E-state index in [9.17, 15) is 4.79 Å². The largest absolute Gasteiger partial charge is 0.354 e. The van der Waals surface area contributed by atoms with Crippen LogP contribution in [0, 0.1) is 20.8 Å². The Hall–Kier alpha value is -1.50. The van der Waals surface area contributed by atoms with E-state index in [1.165, 1.54) is 11.1 Å². The standard InChI is InChI=1S/C18H21O2P/c1-13-11-14(2)17(15(3)12-13)18(19)21-20-10-9-16-7-5-4-6-8-16/h4-8,11-12,21H,9-10H2,1-3H3. The summed E-state index contributed by atoms with van der Waals surface area (Å²) in [6.45, 7) is 6.61. The zero-order chi connectivity index (χ0) is 15.2. The molecule has 0 saturated heterocycles. The summed E-state index contributed by atoms with van der Waals surface area (Å²) in [5.41, 5.74) is 5.41. The molecular formula is C18H21O2P. The maximum Gasteiger partial charge on any atom is 0.208 e. The molecule has 0 saturated carbocycles. The van der Waals surface area contributed by atoms with Crippen molar-refractivity contribution < 1.29 is 9.32 Å². The van der Waals surface area contributed by atoms with Crippen molar-refractivity contribution in [2.24, 2.45) is 0 Å². The van der Waals surface area contributed by atoms with Crippen LogP contribution in [0.2, 0.25) is 0 Å². The highest BCUT2D eigenvalue weighted by Gasteiger charge is 2.13. The van der Waals surface area contributed by atoms with E-state index in [1.54, 1.807) is 0 Å². The molecule has 2 aromatic rings. The molecule has 0 aromatic heterocycles. The molecule has 1 atom stereocenters. The minimum atomic E-state index is -0.114. The highest BCUT2D eigenvalue weighted by atomic mass is 31.1. The highest BCUT2D eigenvalue weighted by molar-refractivity contribution is 7.54. The van der Waals surface area contributed by atoms with Crippen LogP contribution in [-0.4, -0.2) is 12.1 Å². The summed E-state index contributed by atoms with van der Waals surface area (Å²) in [6.07, 6.45) is 0.840. The molecule has 0 heterocycles. The molecule has 0 N–H and O–H groups in total. The van der Waals surface area contributed by atoms with Crippen LogP contribution < -0.4 is 0 Å². The van der Waals surface area contributed by atoms with Crippen molar-refractivity contribution >= 4 is 14.3 Å². The zero-order valence-corrected chi connectivity index (χ0v) is 13.8. The topological polar surface area (TPSA) is 26.3 Å². The van der Waals surface area contributed by atoms with E-state index >= 15 is 0 Å².